The Morgan fingerprint density at radius 1 is 0.964 bits per heavy atom. The van der Waals surface area contributed by atoms with Gasteiger partial charge in [-0.25, -0.2) is 4.79 Å². The molecule has 2 aromatic rings. The van der Waals surface area contributed by atoms with Crippen molar-refractivity contribution >= 4 is 17.8 Å². The van der Waals surface area contributed by atoms with Crippen molar-refractivity contribution in [2.45, 2.75) is 39.3 Å². The summed E-state index contributed by atoms with van der Waals surface area (Å²) in [6, 6.07) is 14.4. The molecule has 6 heteroatoms. The average Bonchev–Trinajstić information content (AvgIpc) is 2.67. The van der Waals surface area contributed by atoms with Crippen molar-refractivity contribution in [3.63, 3.8) is 0 Å². The van der Waals surface area contributed by atoms with E-state index in [2.05, 4.69) is 0 Å². The van der Waals surface area contributed by atoms with Crippen molar-refractivity contribution in [3.05, 3.63) is 65.7 Å². The molecule has 1 unspecified atom stereocenters. The minimum Gasteiger partial charge on any atom is -0.497 e. The standard InChI is InChI=1S/C22H25NO5/c1-15(2)28-22(26)20(14-17-10-12-19(27-4)13-11-17)23(16(3)24)21(25)18-8-6-5-7-9-18/h5-13,15,20H,14H2,1-4H3. The molecule has 148 valence electrons. The zero-order valence-electron chi connectivity index (χ0n) is 16.5. The molecule has 0 saturated heterocycles. The molecule has 0 N–H and O–H groups in total. The molecule has 0 aliphatic heterocycles. The summed E-state index contributed by atoms with van der Waals surface area (Å²) < 4.78 is 10.5. The first-order chi connectivity index (χ1) is 13.3. The number of amides is 2. The summed E-state index contributed by atoms with van der Waals surface area (Å²) in [5.41, 5.74) is 1.10. The SMILES string of the molecule is COc1ccc(CC(C(=O)OC(C)C)N(C(C)=O)C(=O)c2ccccc2)cc1. The van der Waals surface area contributed by atoms with E-state index in [1.807, 2.05) is 0 Å². The minimum atomic E-state index is -1.07. The molecule has 6 nitrogen and oxygen atoms in total. The Labute approximate surface area is 165 Å². The Balaban J connectivity index is 2.39. The fourth-order valence-electron chi connectivity index (χ4n) is 2.80. The summed E-state index contributed by atoms with van der Waals surface area (Å²) in [6.07, 6.45) is -0.222. The molecule has 0 aromatic heterocycles. The number of methoxy groups -OCH3 is 1. The Morgan fingerprint density at radius 2 is 1.57 bits per heavy atom. The molecule has 2 rings (SSSR count). The zero-order chi connectivity index (χ0) is 20.7. The first-order valence-corrected chi connectivity index (χ1v) is 9.06. The molecule has 0 saturated carbocycles. The van der Waals surface area contributed by atoms with Gasteiger partial charge in [0.05, 0.1) is 13.2 Å². The normalized spacial score (nSPS) is 11.6. The summed E-state index contributed by atoms with van der Waals surface area (Å²) >= 11 is 0. The fourth-order valence-corrected chi connectivity index (χ4v) is 2.80. The summed E-state index contributed by atoms with van der Waals surface area (Å²) in [5, 5.41) is 0. The van der Waals surface area contributed by atoms with Gasteiger partial charge in [-0.15, -0.1) is 0 Å². The van der Waals surface area contributed by atoms with Crippen LogP contribution in [0, 0.1) is 0 Å². The second-order valence-corrected chi connectivity index (χ2v) is 6.61. The highest BCUT2D eigenvalue weighted by atomic mass is 16.5. The third-order valence-corrected chi connectivity index (χ3v) is 4.10. The van der Waals surface area contributed by atoms with E-state index in [4.69, 9.17) is 9.47 Å². The van der Waals surface area contributed by atoms with Gasteiger partial charge >= 0.3 is 5.97 Å². The summed E-state index contributed by atoms with van der Waals surface area (Å²) in [5.74, 6) is -1.00. The number of imide groups is 1. The van der Waals surface area contributed by atoms with Gasteiger partial charge in [-0.1, -0.05) is 30.3 Å². The maximum atomic E-state index is 13.0. The van der Waals surface area contributed by atoms with E-state index >= 15 is 0 Å². The molecule has 0 bridgehead atoms. The fraction of sp³-hybridized carbons (Fsp3) is 0.318. The van der Waals surface area contributed by atoms with Crippen LogP contribution in [-0.4, -0.2) is 41.9 Å². The van der Waals surface area contributed by atoms with Crippen molar-refractivity contribution in [2.24, 2.45) is 0 Å². The third-order valence-electron chi connectivity index (χ3n) is 4.10. The van der Waals surface area contributed by atoms with Gasteiger partial charge < -0.3 is 9.47 Å². The molecule has 0 aliphatic carbocycles. The van der Waals surface area contributed by atoms with E-state index in [1.54, 1.807) is 75.6 Å². The first-order valence-electron chi connectivity index (χ1n) is 9.06. The summed E-state index contributed by atoms with van der Waals surface area (Å²) in [6.45, 7) is 4.71. The molecule has 2 aromatic carbocycles. The lowest BCUT2D eigenvalue weighted by molar-refractivity contribution is -0.156. The van der Waals surface area contributed by atoms with Gasteiger partial charge in [0, 0.05) is 18.9 Å². The van der Waals surface area contributed by atoms with Crippen molar-refractivity contribution in [2.75, 3.05) is 7.11 Å². The number of ether oxygens (including phenoxy) is 2. The lowest BCUT2D eigenvalue weighted by Gasteiger charge is -2.28. The van der Waals surface area contributed by atoms with Crippen LogP contribution in [0.25, 0.3) is 0 Å². The van der Waals surface area contributed by atoms with Gasteiger partial charge in [0.15, 0.2) is 0 Å². The van der Waals surface area contributed by atoms with Crippen LogP contribution in [0.1, 0.15) is 36.7 Å². The molecular weight excluding hydrogens is 358 g/mol. The lowest BCUT2D eigenvalue weighted by atomic mass is 10.0. The van der Waals surface area contributed by atoms with Crippen molar-refractivity contribution < 1.29 is 23.9 Å². The lowest BCUT2D eigenvalue weighted by Crippen LogP contribution is -2.50. The number of benzene rings is 2. The maximum Gasteiger partial charge on any atom is 0.329 e. The molecule has 28 heavy (non-hydrogen) atoms. The van der Waals surface area contributed by atoms with E-state index in [0.717, 1.165) is 10.5 Å². The van der Waals surface area contributed by atoms with Gasteiger partial charge in [0.2, 0.25) is 5.91 Å². The summed E-state index contributed by atoms with van der Waals surface area (Å²) in [7, 11) is 1.56. The Morgan fingerprint density at radius 3 is 2.07 bits per heavy atom. The number of carbonyl (C=O) groups excluding carboxylic acids is 3. The van der Waals surface area contributed by atoms with Crippen LogP contribution in [0.5, 0.6) is 5.75 Å². The molecule has 0 spiro atoms. The highest BCUT2D eigenvalue weighted by Crippen LogP contribution is 2.18. The van der Waals surface area contributed by atoms with Crippen LogP contribution >= 0.6 is 0 Å². The third kappa shape index (κ3) is 5.42. The Kier molecular flexibility index (Phi) is 7.32. The Bertz CT molecular complexity index is 815. The maximum absolute atomic E-state index is 13.0. The van der Waals surface area contributed by atoms with Crippen LogP contribution in [0.2, 0.25) is 0 Å². The monoisotopic (exact) mass is 383 g/mol. The quantitative estimate of drug-likeness (QED) is 0.686. The molecule has 0 radical (unpaired) electrons. The molecule has 0 heterocycles. The highest BCUT2D eigenvalue weighted by molar-refractivity contribution is 6.06. The van der Waals surface area contributed by atoms with Gasteiger partial charge in [0.25, 0.3) is 5.91 Å². The predicted octanol–water partition coefficient (Wildman–Crippen LogP) is 3.25. The first kappa shape index (κ1) is 21.2. The number of hydrogen-bond acceptors (Lipinski definition) is 5. The van der Waals surface area contributed by atoms with Gasteiger partial charge in [-0.05, 0) is 43.7 Å². The van der Waals surface area contributed by atoms with E-state index in [9.17, 15) is 14.4 Å². The minimum absolute atomic E-state index is 0.147. The highest BCUT2D eigenvalue weighted by Gasteiger charge is 2.35. The van der Waals surface area contributed by atoms with E-state index in [1.165, 1.54) is 6.92 Å². The number of carbonyl (C=O) groups is 3. The second-order valence-electron chi connectivity index (χ2n) is 6.61. The van der Waals surface area contributed by atoms with E-state index in [0.29, 0.717) is 11.3 Å². The number of nitrogens with zero attached hydrogens (tertiary/aromatic N) is 1. The molecule has 1 atom stereocenters. The molecular formula is C22H25NO5. The van der Waals surface area contributed by atoms with Crippen LogP contribution in [0.3, 0.4) is 0 Å². The van der Waals surface area contributed by atoms with Crippen molar-refractivity contribution in [1.29, 1.82) is 0 Å². The van der Waals surface area contributed by atoms with Gasteiger partial charge in [-0.3, -0.25) is 14.5 Å². The van der Waals surface area contributed by atoms with E-state index < -0.39 is 23.8 Å². The second kappa shape index (κ2) is 9.69. The average molecular weight is 383 g/mol. The molecule has 0 fully saturated rings. The molecule has 0 aliphatic rings. The number of esters is 1. The van der Waals surface area contributed by atoms with E-state index in [-0.39, 0.29) is 12.5 Å². The van der Waals surface area contributed by atoms with Crippen molar-refractivity contribution in [3.8, 4) is 5.75 Å². The van der Waals surface area contributed by atoms with Crippen molar-refractivity contribution in [1.82, 2.24) is 4.90 Å². The number of rotatable bonds is 7. The van der Waals surface area contributed by atoms with Crippen LogP contribution in [-0.2, 0) is 20.7 Å². The summed E-state index contributed by atoms with van der Waals surface area (Å²) in [4.78, 5) is 39.1. The molecule has 2 amide bonds. The zero-order valence-corrected chi connectivity index (χ0v) is 16.5. The number of hydrogen-bond donors (Lipinski definition) is 0. The van der Waals surface area contributed by atoms with Crippen LogP contribution in [0.4, 0.5) is 0 Å². The predicted molar refractivity (Wildman–Crippen MR) is 105 cm³/mol. The van der Waals surface area contributed by atoms with Gasteiger partial charge in [0.1, 0.15) is 11.8 Å². The van der Waals surface area contributed by atoms with Crippen LogP contribution in [0.15, 0.2) is 54.6 Å². The Hall–Kier alpha value is -3.15. The smallest absolute Gasteiger partial charge is 0.329 e. The van der Waals surface area contributed by atoms with Gasteiger partial charge in [-0.2, -0.15) is 0 Å². The largest absolute Gasteiger partial charge is 0.497 e. The van der Waals surface area contributed by atoms with Crippen LogP contribution < -0.4 is 4.74 Å². The topological polar surface area (TPSA) is 72.9 Å².